The normalized spacial score (nSPS) is 12.8. The highest BCUT2D eigenvalue weighted by Gasteiger charge is 2.16. The average Bonchev–Trinajstić information content (AvgIpc) is 2.27. The molecule has 0 aliphatic heterocycles. The van der Waals surface area contributed by atoms with Gasteiger partial charge in [0.25, 0.3) is 10.1 Å². The molecule has 19 heavy (non-hydrogen) atoms. The van der Waals surface area contributed by atoms with E-state index >= 15 is 0 Å². The van der Waals surface area contributed by atoms with Crippen LogP contribution in [0.3, 0.4) is 0 Å². The van der Waals surface area contributed by atoms with Crippen LogP contribution in [0.2, 0.25) is 0 Å². The van der Waals surface area contributed by atoms with Gasteiger partial charge in [-0.3, -0.25) is 4.18 Å². The van der Waals surface area contributed by atoms with E-state index < -0.39 is 20.1 Å². The van der Waals surface area contributed by atoms with Gasteiger partial charge >= 0.3 is 0 Å². The van der Waals surface area contributed by atoms with Gasteiger partial charge in [0.2, 0.25) is 10.0 Å². The summed E-state index contributed by atoms with van der Waals surface area (Å²) in [5.41, 5.74) is 0.807. The number of hydrogen-bond donors (Lipinski definition) is 0. The number of sulfonamides is 1. The zero-order valence-corrected chi connectivity index (χ0v) is 12.7. The van der Waals surface area contributed by atoms with E-state index in [1.165, 1.54) is 26.2 Å². The highest BCUT2D eigenvalue weighted by Crippen LogP contribution is 2.14. The Bertz CT molecular complexity index is 618. The quantitative estimate of drug-likeness (QED) is 0.713. The van der Waals surface area contributed by atoms with Crippen molar-refractivity contribution in [3.05, 3.63) is 29.8 Å². The summed E-state index contributed by atoms with van der Waals surface area (Å²) < 4.78 is 50.9. The zero-order chi connectivity index (χ0) is 14.7. The lowest BCUT2D eigenvalue weighted by atomic mass is 10.2. The molecule has 0 atom stereocenters. The third-order valence-electron chi connectivity index (χ3n) is 2.39. The Hall–Kier alpha value is -0.960. The van der Waals surface area contributed by atoms with Crippen molar-refractivity contribution in [2.24, 2.45) is 0 Å². The molecule has 0 unspecified atom stereocenters. The van der Waals surface area contributed by atoms with E-state index in [-0.39, 0.29) is 11.5 Å². The van der Waals surface area contributed by atoms with Gasteiger partial charge in [0, 0.05) is 14.1 Å². The second-order valence-corrected chi connectivity index (χ2v) is 8.00. The van der Waals surface area contributed by atoms with Crippen LogP contribution < -0.4 is 0 Å². The molecule has 0 spiro atoms. The van der Waals surface area contributed by atoms with E-state index in [1.807, 2.05) is 0 Å². The van der Waals surface area contributed by atoms with Gasteiger partial charge in [0.05, 0.1) is 17.8 Å². The number of rotatable bonds is 6. The first-order valence-corrected chi connectivity index (χ1v) is 8.74. The number of hydrogen-bond acceptors (Lipinski definition) is 5. The molecule has 1 aromatic carbocycles. The Morgan fingerprint density at radius 3 is 2.00 bits per heavy atom. The van der Waals surface area contributed by atoms with Crippen molar-refractivity contribution in [3.8, 4) is 0 Å². The van der Waals surface area contributed by atoms with Crippen LogP contribution in [0.1, 0.15) is 5.56 Å². The van der Waals surface area contributed by atoms with Crippen molar-refractivity contribution >= 4 is 20.1 Å². The lowest BCUT2D eigenvalue weighted by molar-refractivity contribution is 0.326. The van der Waals surface area contributed by atoms with Crippen molar-refractivity contribution in [3.63, 3.8) is 0 Å². The molecule has 0 fully saturated rings. The van der Waals surface area contributed by atoms with Crippen LogP contribution in [0.5, 0.6) is 0 Å². The van der Waals surface area contributed by atoms with E-state index in [0.717, 1.165) is 16.1 Å². The molecule has 108 valence electrons. The van der Waals surface area contributed by atoms with Gasteiger partial charge in [-0.1, -0.05) is 12.1 Å². The van der Waals surface area contributed by atoms with Crippen molar-refractivity contribution in [2.45, 2.75) is 11.3 Å². The van der Waals surface area contributed by atoms with Crippen molar-refractivity contribution < 1.29 is 21.0 Å². The Balaban J connectivity index is 2.73. The first kappa shape index (κ1) is 16.1. The van der Waals surface area contributed by atoms with Gasteiger partial charge in [-0.05, 0) is 24.1 Å². The summed E-state index contributed by atoms with van der Waals surface area (Å²) in [5, 5.41) is 0. The van der Waals surface area contributed by atoms with Crippen LogP contribution in [0, 0.1) is 0 Å². The molecule has 0 bridgehead atoms. The molecule has 0 heterocycles. The van der Waals surface area contributed by atoms with Crippen LogP contribution in [-0.2, 0) is 30.7 Å². The lowest BCUT2D eigenvalue weighted by Gasteiger charge is -2.11. The highest BCUT2D eigenvalue weighted by atomic mass is 32.2. The molecule has 1 rings (SSSR count). The fourth-order valence-electron chi connectivity index (χ4n) is 1.35. The number of nitrogens with zero attached hydrogens (tertiary/aromatic N) is 1. The van der Waals surface area contributed by atoms with Crippen LogP contribution in [-0.4, -0.2) is 48.1 Å². The molecule has 0 aliphatic carbocycles. The molecule has 0 saturated heterocycles. The molecule has 0 aromatic heterocycles. The van der Waals surface area contributed by atoms with E-state index in [1.54, 1.807) is 12.1 Å². The maximum absolute atomic E-state index is 11.8. The molecule has 0 saturated carbocycles. The van der Waals surface area contributed by atoms with E-state index in [0.29, 0.717) is 6.42 Å². The summed E-state index contributed by atoms with van der Waals surface area (Å²) in [7, 11) is -3.95. The van der Waals surface area contributed by atoms with Crippen LogP contribution >= 0.6 is 0 Å². The van der Waals surface area contributed by atoms with E-state index in [2.05, 4.69) is 4.18 Å². The minimum Gasteiger partial charge on any atom is -0.270 e. The SMILES string of the molecule is CN(C)S(=O)(=O)c1ccc(CCOS(C)(=O)=O)cc1. The van der Waals surface area contributed by atoms with Crippen molar-refractivity contribution in [2.75, 3.05) is 27.0 Å². The van der Waals surface area contributed by atoms with Gasteiger partial charge in [-0.2, -0.15) is 8.42 Å². The largest absolute Gasteiger partial charge is 0.270 e. The minimum absolute atomic E-state index is 0.0403. The van der Waals surface area contributed by atoms with Gasteiger partial charge < -0.3 is 0 Å². The zero-order valence-electron chi connectivity index (χ0n) is 11.0. The van der Waals surface area contributed by atoms with Crippen molar-refractivity contribution in [1.82, 2.24) is 4.31 Å². The molecule has 1 aromatic rings. The summed E-state index contributed by atoms with van der Waals surface area (Å²) in [6.45, 7) is 0.0403. The molecular formula is C11H17NO5S2. The Labute approximate surface area is 114 Å². The van der Waals surface area contributed by atoms with Crippen LogP contribution in [0.4, 0.5) is 0 Å². The first-order valence-electron chi connectivity index (χ1n) is 5.49. The summed E-state index contributed by atoms with van der Waals surface area (Å²) in [4.78, 5) is 0.199. The third-order valence-corrected chi connectivity index (χ3v) is 4.81. The molecular weight excluding hydrogens is 290 g/mol. The topological polar surface area (TPSA) is 80.8 Å². The second kappa shape index (κ2) is 6.00. The maximum Gasteiger partial charge on any atom is 0.264 e. The third kappa shape index (κ3) is 4.90. The standard InChI is InChI=1S/C11H17NO5S2/c1-12(2)19(15,16)11-6-4-10(5-7-11)8-9-17-18(3,13)14/h4-7H,8-9H2,1-3H3. The lowest BCUT2D eigenvalue weighted by Crippen LogP contribution is -2.22. The van der Waals surface area contributed by atoms with Gasteiger partial charge in [0.15, 0.2) is 0 Å². The first-order chi connectivity index (χ1) is 8.63. The van der Waals surface area contributed by atoms with E-state index in [4.69, 9.17) is 0 Å². The summed E-state index contributed by atoms with van der Waals surface area (Å²) >= 11 is 0. The summed E-state index contributed by atoms with van der Waals surface area (Å²) in [6, 6.07) is 6.26. The van der Waals surface area contributed by atoms with E-state index in [9.17, 15) is 16.8 Å². The minimum atomic E-state index is -3.44. The summed E-state index contributed by atoms with van der Waals surface area (Å²) in [5.74, 6) is 0. The van der Waals surface area contributed by atoms with Crippen LogP contribution in [0.25, 0.3) is 0 Å². The van der Waals surface area contributed by atoms with Crippen molar-refractivity contribution in [1.29, 1.82) is 0 Å². The fourth-order valence-corrected chi connectivity index (χ4v) is 2.64. The fraction of sp³-hybridized carbons (Fsp3) is 0.455. The Morgan fingerprint density at radius 1 is 1.05 bits per heavy atom. The maximum atomic E-state index is 11.8. The predicted octanol–water partition coefficient (Wildman–Crippen LogP) is 0.456. The van der Waals surface area contributed by atoms with Gasteiger partial charge in [-0.25, -0.2) is 12.7 Å². The predicted molar refractivity (Wildman–Crippen MR) is 71.8 cm³/mol. The van der Waals surface area contributed by atoms with Gasteiger partial charge in [-0.15, -0.1) is 0 Å². The molecule has 6 nitrogen and oxygen atoms in total. The summed E-state index contributed by atoms with van der Waals surface area (Å²) in [6.07, 6.45) is 1.38. The molecule has 0 amide bonds. The molecule has 0 N–H and O–H groups in total. The Kier molecular flexibility index (Phi) is 5.08. The van der Waals surface area contributed by atoms with Crippen LogP contribution in [0.15, 0.2) is 29.2 Å². The molecule has 0 radical (unpaired) electrons. The van der Waals surface area contributed by atoms with Gasteiger partial charge in [0.1, 0.15) is 0 Å². The smallest absolute Gasteiger partial charge is 0.264 e. The Morgan fingerprint density at radius 2 is 1.58 bits per heavy atom. The average molecular weight is 307 g/mol. The molecule has 0 aliphatic rings. The highest BCUT2D eigenvalue weighted by molar-refractivity contribution is 7.89. The number of benzene rings is 1. The monoisotopic (exact) mass is 307 g/mol. The second-order valence-electron chi connectivity index (χ2n) is 4.21. The molecule has 8 heteroatoms.